The summed E-state index contributed by atoms with van der Waals surface area (Å²) in [7, 11) is 0. The molecule has 0 aliphatic heterocycles. The van der Waals surface area contributed by atoms with Gasteiger partial charge in [0.15, 0.2) is 0 Å². The smallest absolute Gasteiger partial charge is 0.0197 e. The molecule has 1 fully saturated rings. The highest BCUT2D eigenvalue weighted by Crippen LogP contribution is 2.34. The van der Waals surface area contributed by atoms with Crippen LogP contribution in [0.25, 0.3) is 0 Å². The Morgan fingerprint density at radius 1 is 1.33 bits per heavy atom. The normalized spacial score (nSPS) is 30.7. The third-order valence-corrected chi connectivity index (χ3v) is 3.57. The monoisotopic (exact) mass is 203 g/mol. The van der Waals surface area contributed by atoms with Crippen LogP contribution in [-0.2, 0) is 6.42 Å². The summed E-state index contributed by atoms with van der Waals surface area (Å²) in [5.74, 6) is 0.806. The van der Waals surface area contributed by atoms with Crippen molar-refractivity contribution in [3.8, 4) is 0 Å². The van der Waals surface area contributed by atoms with Crippen molar-refractivity contribution >= 4 is 0 Å². The van der Waals surface area contributed by atoms with Crippen molar-refractivity contribution in [3.05, 3.63) is 35.4 Å². The summed E-state index contributed by atoms with van der Waals surface area (Å²) in [5, 5.41) is 0. The maximum atomic E-state index is 6.42. The van der Waals surface area contributed by atoms with Gasteiger partial charge in [0, 0.05) is 5.54 Å². The van der Waals surface area contributed by atoms with E-state index in [9.17, 15) is 0 Å². The average Bonchev–Trinajstić information content (AvgIpc) is 2.50. The number of nitrogens with two attached hydrogens (primary N) is 1. The number of hydrogen-bond acceptors (Lipinski definition) is 1. The van der Waals surface area contributed by atoms with Gasteiger partial charge in [0.1, 0.15) is 0 Å². The van der Waals surface area contributed by atoms with E-state index in [2.05, 4.69) is 38.1 Å². The molecule has 0 saturated heterocycles. The van der Waals surface area contributed by atoms with Crippen LogP contribution >= 0.6 is 0 Å². The molecule has 1 aliphatic carbocycles. The highest BCUT2D eigenvalue weighted by Gasteiger charge is 2.33. The topological polar surface area (TPSA) is 26.0 Å². The van der Waals surface area contributed by atoms with Gasteiger partial charge in [0.05, 0.1) is 0 Å². The van der Waals surface area contributed by atoms with Gasteiger partial charge in [-0.3, -0.25) is 0 Å². The van der Waals surface area contributed by atoms with Crippen molar-refractivity contribution in [1.82, 2.24) is 0 Å². The van der Waals surface area contributed by atoms with Crippen LogP contribution in [0.15, 0.2) is 24.3 Å². The molecule has 2 rings (SSSR count). The fraction of sp³-hybridized carbons (Fsp3) is 0.571. The Hall–Kier alpha value is -0.820. The van der Waals surface area contributed by atoms with Gasteiger partial charge in [-0.05, 0) is 44.1 Å². The molecule has 1 heteroatoms. The summed E-state index contributed by atoms with van der Waals surface area (Å²) in [6.45, 7) is 4.43. The van der Waals surface area contributed by atoms with Gasteiger partial charge in [-0.25, -0.2) is 0 Å². The van der Waals surface area contributed by atoms with Crippen LogP contribution in [0, 0.1) is 12.8 Å². The van der Waals surface area contributed by atoms with Gasteiger partial charge < -0.3 is 5.73 Å². The minimum atomic E-state index is 0.0642. The summed E-state index contributed by atoms with van der Waals surface area (Å²) in [5.41, 5.74) is 9.19. The lowest BCUT2D eigenvalue weighted by Gasteiger charge is -2.24. The lowest BCUT2D eigenvalue weighted by Crippen LogP contribution is -2.39. The van der Waals surface area contributed by atoms with E-state index >= 15 is 0 Å². The summed E-state index contributed by atoms with van der Waals surface area (Å²) >= 11 is 0. The first-order chi connectivity index (χ1) is 7.07. The minimum Gasteiger partial charge on any atom is -0.325 e. The molecule has 1 aliphatic rings. The third-order valence-electron chi connectivity index (χ3n) is 3.57. The molecule has 2 atom stereocenters. The molecule has 1 aromatic carbocycles. The first-order valence-electron chi connectivity index (χ1n) is 5.92. The molecule has 2 N–H and O–H groups in total. The van der Waals surface area contributed by atoms with Crippen molar-refractivity contribution in [3.63, 3.8) is 0 Å². The molecule has 1 aromatic rings. The lowest BCUT2D eigenvalue weighted by atomic mass is 9.89. The largest absolute Gasteiger partial charge is 0.325 e. The van der Waals surface area contributed by atoms with Gasteiger partial charge in [-0.2, -0.15) is 0 Å². The minimum absolute atomic E-state index is 0.0642. The van der Waals surface area contributed by atoms with Crippen LogP contribution in [0.2, 0.25) is 0 Å². The standard InChI is InChI=1S/C14H21N/c1-11-3-5-13(6-4-11)10-14(15)8-7-12(2)9-14/h3-6,12H,7-10,15H2,1-2H3. The van der Waals surface area contributed by atoms with Gasteiger partial charge in [0.25, 0.3) is 0 Å². The van der Waals surface area contributed by atoms with E-state index in [1.807, 2.05) is 0 Å². The molecular weight excluding hydrogens is 182 g/mol. The lowest BCUT2D eigenvalue weighted by molar-refractivity contribution is 0.419. The summed E-state index contributed by atoms with van der Waals surface area (Å²) in [4.78, 5) is 0. The zero-order valence-electron chi connectivity index (χ0n) is 9.79. The van der Waals surface area contributed by atoms with E-state index in [1.54, 1.807) is 0 Å². The van der Waals surface area contributed by atoms with E-state index in [0.29, 0.717) is 0 Å². The quantitative estimate of drug-likeness (QED) is 0.785. The van der Waals surface area contributed by atoms with Crippen LogP contribution in [-0.4, -0.2) is 5.54 Å². The fourth-order valence-electron chi connectivity index (χ4n) is 2.70. The molecule has 0 bridgehead atoms. The summed E-state index contributed by atoms with van der Waals surface area (Å²) in [6.07, 6.45) is 4.70. The van der Waals surface area contributed by atoms with E-state index in [1.165, 1.54) is 30.4 Å². The van der Waals surface area contributed by atoms with Crippen LogP contribution in [0.5, 0.6) is 0 Å². The first-order valence-corrected chi connectivity index (χ1v) is 5.92. The molecule has 15 heavy (non-hydrogen) atoms. The number of hydrogen-bond donors (Lipinski definition) is 1. The second kappa shape index (κ2) is 3.97. The van der Waals surface area contributed by atoms with E-state index < -0.39 is 0 Å². The third kappa shape index (κ3) is 2.60. The average molecular weight is 203 g/mol. The summed E-state index contributed by atoms with van der Waals surface area (Å²) in [6, 6.07) is 8.79. The molecule has 82 valence electrons. The predicted molar refractivity (Wildman–Crippen MR) is 64.8 cm³/mol. The van der Waals surface area contributed by atoms with Crippen LogP contribution in [0.4, 0.5) is 0 Å². The van der Waals surface area contributed by atoms with Crippen molar-refractivity contribution in [2.24, 2.45) is 11.7 Å². The SMILES string of the molecule is Cc1ccc(CC2(N)CCC(C)C2)cc1. The Balaban J connectivity index is 2.05. The van der Waals surface area contributed by atoms with E-state index in [-0.39, 0.29) is 5.54 Å². The first kappa shape index (κ1) is 10.7. The second-order valence-electron chi connectivity index (χ2n) is 5.37. The molecule has 0 aromatic heterocycles. The zero-order chi connectivity index (χ0) is 10.9. The Morgan fingerprint density at radius 3 is 2.53 bits per heavy atom. The van der Waals surface area contributed by atoms with Gasteiger partial charge in [0.2, 0.25) is 0 Å². The van der Waals surface area contributed by atoms with Crippen LogP contribution < -0.4 is 5.73 Å². The van der Waals surface area contributed by atoms with E-state index in [0.717, 1.165) is 12.3 Å². The number of aryl methyl sites for hydroxylation is 1. The van der Waals surface area contributed by atoms with Crippen LogP contribution in [0.1, 0.15) is 37.3 Å². The Bertz CT molecular complexity index is 328. The molecule has 2 unspecified atom stereocenters. The molecule has 1 saturated carbocycles. The Morgan fingerprint density at radius 2 is 2.00 bits per heavy atom. The summed E-state index contributed by atoms with van der Waals surface area (Å²) < 4.78 is 0. The van der Waals surface area contributed by atoms with Crippen molar-refractivity contribution in [2.75, 3.05) is 0 Å². The van der Waals surface area contributed by atoms with Crippen molar-refractivity contribution < 1.29 is 0 Å². The molecule has 1 nitrogen and oxygen atoms in total. The Kier molecular flexibility index (Phi) is 2.83. The van der Waals surface area contributed by atoms with Crippen LogP contribution in [0.3, 0.4) is 0 Å². The molecule has 0 heterocycles. The molecule has 0 spiro atoms. The maximum absolute atomic E-state index is 6.42. The van der Waals surface area contributed by atoms with Crippen molar-refractivity contribution in [2.45, 2.75) is 45.1 Å². The van der Waals surface area contributed by atoms with Gasteiger partial charge >= 0.3 is 0 Å². The highest BCUT2D eigenvalue weighted by atomic mass is 14.8. The molecule has 0 amide bonds. The Labute approximate surface area is 92.7 Å². The van der Waals surface area contributed by atoms with Gasteiger partial charge in [-0.15, -0.1) is 0 Å². The second-order valence-corrected chi connectivity index (χ2v) is 5.37. The predicted octanol–water partition coefficient (Wildman–Crippen LogP) is 3.06. The number of benzene rings is 1. The maximum Gasteiger partial charge on any atom is 0.0197 e. The fourth-order valence-corrected chi connectivity index (χ4v) is 2.70. The highest BCUT2D eigenvalue weighted by molar-refractivity contribution is 5.23. The molecular formula is C14H21N. The van der Waals surface area contributed by atoms with E-state index in [4.69, 9.17) is 5.73 Å². The number of rotatable bonds is 2. The molecule has 0 radical (unpaired) electrons. The van der Waals surface area contributed by atoms with Crippen molar-refractivity contribution in [1.29, 1.82) is 0 Å². The zero-order valence-corrected chi connectivity index (χ0v) is 9.79. The van der Waals surface area contributed by atoms with Gasteiger partial charge in [-0.1, -0.05) is 36.8 Å².